The van der Waals surface area contributed by atoms with E-state index < -0.39 is 0 Å². The number of aromatic nitrogens is 1. The first-order chi connectivity index (χ1) is 12.6. The molecule has 0 spiro atoms. The van der Waals surface area contributed by atoms with Crippen LogP contribution in [-0.2, 0) is 11.3 Å². The largest absolute Gasteiger partial charge is 0.497 e. The number of ether oxygens (including phenoxy) is 1. The summed E-state index contributed by atoms with van der Waals surface area (Å²) >= 11 is 3.07. The summed E-state index contributed by atoms with van der Waals surface area (Å²) < 4.78 is 8.55. The van der Waals surface area contributed by atoms with Gasteiger partial charge in [0.15, 0.2) is 4.80 Å². The SMILES string of the molecule is CCCn1c(=NC(=O)CSc2ccc(C)cc2)sc2ccc(OC)cc21. The van der Waals surface area contributed by atoms with Crippen molar-refractivity contribution >= 4 is 39.2 Å². The summed E-state index contributed by atoms with van der Waals surface area (Å²) in [6.07, 6.45) is 0.975. The van der Waals surface area contributed by atoms with Crippen LogP contribution in [0.2, 0.25) is 0 Å². The van der Waals surface area contributed by atoms with E-state index in [1.165, 1.54) is 17.3 Å². The van der Waals surface area contributed by atoms with E-state index in [2.05, 4.69) is 35.5 Å². The highest BCUT2D eigenvalue weighted by Crippen LogP contribution is 2.23. The summed E-state index contributed by atoms with van der Waals surface area (Å²) in [4.78, 5) is 18.6. The predicted octanol–water partition coefficient (Wildman–Crippen LogP) is 4.65. The number of fused-ring (bicyclic) bond motifs is 1. The summed E-state index contributed by atoms with van der Waals surface area (Å²) in [5, 5.41) is 0. The van der Waals surface area contributed by atoms with Crippen molar-refractivity contribution in [2.45, 2.75) is 31.7 Å². The first-order valence-electron chi connectivity index (χ1n) is 8.55. The van der Waals surface area contributed by atoms with Crippen LogP contribution in [0, 0.1) is 6.92 Å². The third-order valence-electron chi connectivity index (χ3n) is 3.94. The van der Waals surface area contributed by atoms with Crippen LogP contribution < -0.4 is 9.54 Å². The standard InChI is InChI=1S/C20H22N2O2S2/c1-4-11-22-17-12-15(24-3)7-10-18(17)26-20(22)21-19(23)13-25-16-8-5-14(2)6-9-16/h5-10,12H,4,11,13H2,1-3H3. The van der Waals surface area contributed by atoms with Crippen LogP contribution in [0.4, 0.5) is 0 Å². The monoisotopic (exact) mass is 386 g/mol. The maximum Gasteiger partial charge on any atom is 0.258 e. The number of amides is 1. The summed E-state index contributed by atoms with van der Waals surface area (Å²) in [5.41, 5.74) is 2.28. The quantitative estimate of drug-likeness (QED) is 0.579. The van der Waals surface area contributed by atoms with Crippen LogP contribution in [0.25, 0.3) is 10.2 Å². The van der Waals surface area contributed by atoms with Crippen LogP contribution in [0.15, 0.2) is 52.4 Å². The molecule has 0 aliphatic carbocycles. The molecule has 6 heteroatoms. The van der Waals surface area contributed by atoms with Crippen molar-refractivity contribution in [1.82, 2.24) is 4.57 Å². The number of hydrogen-bond donors (Lipinski definition) is 0. The molecule has 3 rings (SSSR count). The fourth-order valence-electron chi connectivity index (χ4n) is 2.62. The number of hydrogen-bond acceptors (Lipinski definition) is 4. The van der Waals surface area contributed by atoms with Gasteiger partial charge in [0.25, 0.3) is 5.91 Å². The molecule has 1 amide bonds. The van der Waals surface area contributed by atoms with Gasteiger partial charge in [-0.15, -0.1) is 11.8 Å². The van der Waals surface area contributed by atoms with Crippen molar-refractivity contribution < 1.29 is 9.53 Å². The molecule has 0 atom stereocenters. The van der Waals surface area contributed by atoms with Gasteiger partial charge in [0, 0.05) is 17.5 Å². The fraction of sp³-hybridized carbons (Fsp3) is 0.300. The van der Waals surface area contributed by atoms with E-state index in [4.69, 9.17) is 4.74 Å². The van der Waals surface area contributed by atoms with Crippen molar-refractivity contribution in [3.8, 4) is 5.75 Å². The van der Waals surface area contributed by atoms with Crippen LogP contribution in [0.1, 0.15) is 18.9 Å². The van der Waals surface area contributed by atoms with Gasteiger partial charge in [-0.2, -0.15) is 4.99 Å². The topological polar surface area (TPSA) is 43.6 Å². The molecule has 0 unspecified atom stereocenters. The number of thioether (sulfide) groups is 1. The molecular weight excluding hydrogens is 364 g/mol. The van der Waals surface area contributed by atoms with Gasteiger partial charge in [-0.3, -0.25) is 4.79 Å². The van der Waals surface area contributed by atoms with E-state index in [9.17, 15) is 4.79 Å². The minimum Gasteiger partial charge on any atom is -0.497 e. The number of benzene rings is 2. The van der Waals surface area contributed by atoms with Gasteiger partial charge in [-0.05, 0) is 37.6 Å². The second-order valence-electron chi connectivity index (χ2n) is 5.98. The van der Waals surface area contributed by atoms with E-state index in [0.29, 0.717) is 5.75 Å². The van der Waals surface area contributed by atoms with Gasteiger partial charge in [0.05, 0.1) is 23.1 Å². The first-order valence-corrected chi connectivity index (χ1v) is 10.4. The van der Waals surface area contributed by atoms with Gasteiger partial charge in [0.2, 0.25) is 0 Å². The zero-order valence-electron chi connectivity index (χ0n) is 15.2. The van der Waals surface area contributed by atoms with Gasteiger partial charge < -0.3 is 9.30 Å². The molecule has 0 saturated heterocycles. The molecule has 0 saturated carbocycles. The number of carbonyl (C=O) groups excluding carboxylic acids is 1. The van der Waals surface area contributed by atoms with E-state index in [1.54, 1.807) is 18.4 Å². The van der Waals surface area contributed by atoms with Gasteiger partial charge in [-0.25, -0.2) is 0 Å². The molecule has 0 radical (unpaired) electrons. The zero-order chi connectivity index (χ0) is 18.5. The number of rotatable bonds is 6. The summed E-state index contributed by atoms with van der Waals surface area (Å²) in [6.45, 7) is 5.00. The Hall–Kier alpha value is -2.05. The number of aryl methyl sites for hydroxylation is 2. The van der Waals surface area contributed by atoms with Crippen LogP contribution in [-0.4, -0.2) is 23.3 Å². The van der Waals surface area contributed by atoms with E-state index >= 15 is 0 Å². The lowest BCUT2D eigenvalue weighted by molar-refractivity contribution is -0.115. The number of carbonyl (C=O) groups is 1. The Balaban J connectivity index is 1.86. The third-order valence-corrected chi connectivity index (χ3v) is 6.00. The molecule has 0 aliphatic heterocycles. The number of thiazole rings is 1. The maximum absolute atomic E-state index is 12.4. The van der Waals surface area contributed by atoms with Gasteiger partial charge >= 0.3 is 0 Å². The minimum absolute atomic E-state index is 0.112. The molecule has 2 aromatic carbocycles. The average Bonchev–Trinajstić information content (AvgIpc) is 2.98. The zero-order valence-corrected chi connectivity index (χ0v) is 16.8. The normalized spacial score (nSPS) is 11.9. The molecule has 0 bridgehead atoms. The summed E-state index contributed by atoms with van der Waals surface area (Å²) in [6, 6.07) is 14.2. The smallest absolute Gasteiger partial charge is 0.258 e. The van der Waals surface area contributed by atoms with Crippen molar-refractivity contribution in [2.75, 3.05) is 12.9 Å². The molecular formula is C20H22N2O2S2. The maximum atomic E-state index is 12.4. The Labute approximate surface area is 161 Å². The Morgan fingerprint density at radius 3 is 2.69 bits per heavy atom. The van der Waals surface area contributed by atoms with Crippen LogP contribution in [0.3, 0.4) is 0 Å². The van der Waals surface area contributed by atoms with Gasteiger partial charge in [0.1, 0.15) is 5.75 Å². The molecule has 0 N–H and O–H groups in total. The molecule has 1 heterocycles. The highest BCUT2D eigenvalue weighted by molar-refractivity contribution is 8.00. The lowest BCUT2D eigenvalue weighted by Crippen LogP contribution is -2.17. The second-order valence-corrected chi connectivity index (χ2v) is 8.04. The van der Waals surface area contributed by atoms with Crippen molar-refractivity contribution in [2.24, 2.45) is 4.99 Å². The average molecular weight is 387 g/mol. The Bertz CT molecular complexity index is 972. The van der Waals surface area contributed by atoms with E-state index in [1.807, 2.05) is 30.3 Å². The van der Waals surface area contributed by atoms with Gasteiger partial charge in [-0.1, -0.05) is 36.0 Å². The summed E-state index contributed by atoms with van der Waals surface area (Å²) in [7, 11) is 1.66. The first kappa shape index (κ1) is 18.7. The molecule has 136 valence electrons. The fourth-order valence-corrected chi connectivity index (χ4v) is 4.36. The molecule has 1 aromatic heterocycles. The number of nitrogens with zero attached hydrogens (tertiary/aromatic N) is 2. The van der Waals surface area contributed by atoms with E-state index in [-0.39, 0.29) is 5.91 Å². The summed E-state index contributed by atoms with van der Waals surface area (Å²) in [5.74, 6) is 1.04. The number of methoxy groups -OCH3 is 1. The Kier molecular flexibility index (Phi) is 6.16. The Morgan fingerprint density at radius 2 is 2.00 bits per heavy atom. The molecule has 26 heavy (non-hydrogen) atoms. The van der Waals surface area contributed by atoms with Crippen LogP contribution >= 0.6 is 23.1 Å². The van der Waals surface area contributed by atoms with Crippen molar-refractivity contribution in [1.29, 1.82) is 0 Å². The lowest BCUT2D eigenvalue weighted by atomic mass is 10.2. The second kappa shape index (κ2) is 8.56. The third kappa shape index (κ3) is 4.37. The molecule has 3 aromatic rings. The predicted molar refractivity (Wildman–Crippen MR) is 109 cm³/mol. The van der Waals surface area contributed by atoms with Crippen molar-refractivity contribution in [3.05, 3.63) is 52.8 Å². The van der Waals surface area contributed by atoms with Crippen molar-refractivity contribution in [3.63, 3.8) is 0 Å². The van der Waals surface area contributed by atoms with E-state index in [0.717, 1.165) is 38.6 Å². The molecule has 0 aliphatic rings. The molecule has 0 fully saturated rings. The Morgan fingerprint density at radius 1 is 1.23 bits per heavy atom. The highest BCUT2D eigenvalue weighted by atomic mass is 32.2. The van der Waals surface area contributed by atoms with Crippen LogP contribution in [0.5, 0.6) is 5.75 Å². The molecule has 4 nitrogen and oxygen atoms in total. The highest BCUT2D eigenvalue weighted by Gasteiger charge is 2.09. The lowest BCUT2D eigenvalue weighted by Gasteiger charge is -2.04. The minimum atomic E-state index is -0.112.